The maximum atomic E-state index is 13.1. The number of nitrogens with one attached hydrogen (secondary N) is 2. The Balaban J connectivity index is 1.25. The lowest BCUT2D eigenvalue weighted by molar-refractivity contribution is -0.135. The molecule has 0 unspecified atom stereocenters. The lowest BCUT2D eigenvalue weighted by Gasteiger charge is -2.33. The number of aromatic nitrogens is 6. The van der Waals surface area contributed by atoms with Crippen LogP contribution in [0.1, 0.15) is 48.7 Å². The van der Waals surface area contributed by atoms with Gasteiger partial charge in [0.25, 0.3) is 11.5 Å². The van der Waals surface area contributed by atoms with E-state index in [-0.39, 0.29) is 29.1 Å². The number of carbonyl (C=O) groups excluding carboxylic acids is 2. The summed E-state index contributed by atoms with van der Waals surface area (Å²) in [4.78, 5) is 63.5. The number of nitrogens with zero attached hydrogens (tertiary/aromatic N) is 6. The second-order valence-electron chi connectivity index (χ2n) is 11.0. The number of pyridine rings is 1. The third-order valence-electron chi connectivity index (χ3n) is 7.88. The number of hydrogen-bond donors (Lipinski definition) is 3. The van der Waals surface area contributed by atoms with E-state index >= 15 is 0 Å². The van der Waals surface area contributed by atoms with E-state index in [2.05, 4.69) is 31.4 Å². The normalized spacial score (nSPS) is 13.8. The minimum atomic E-state index is -0.788. The van der Waals surface area contributed by atoms with Crippen LogP contribution in [0.4, 0.5) is 11.5 Å². The molecule has 1 fully saturated rings. The molecule has 1 aliphatic heterocycles. The number of carbonyl (C=O) groups is 2. The van der Waals surface area contributed by atoms with Gasteiger partial charge in [0.05, 0.1) is 0 Å². The van der Waals surface area contributed by atoms with Gasteiger partial charge in [0.1, 0.15) is 23.2 Å². The molecule has 1 aliphatic rings. The second-order valence-corrected chi connectivity index (χ2v) is 11.0. The van der Waals surface area contributed by atoms with E-state index in [0.29, 0.717) is 30.1 Å². The average molecular weight is 594 g/mol. The number of anilines is 2. The van der Waals surface area contributed by atoms with Crippen LogP contribution in [0.5, 0.6) is 0 Å². The van der Waals surface area contributed by atoms with E-state index in [4.69, 9.17) is 5.73 Å². The highest BCUT2D eigenvalue weighted by atomic mass is 16.2. The van der Waals surface area contributed by atoms with Crippen LogP contribution < -0.4 is 22.3 Å². The zero-order valence-electron chi connectivity index (χ0n) is 24.2. The van der Waals surface area contributed by atoms with Crippen molar-refractivity contribution in [2.75, 3.05) is 24.1 Å². The topological polar surface area (TPSA) is 173 Å². The molecule has 13 nitrogen and oxygen atoms in total. The van der Waals surface area contributed by atoms with Crippen LogP contribution in [-0.2, 0) is 4.79 Å². The molecule has 4 N–H and O–H groups in total. The highest BCUT2D eigenvalue weighted by molar-refractivity contribution is 6.04. The number of aromatic amines is 1. The fourth-order valence-electron chi connectivity index (χ4n) is 5.63. The van der Waals surface area contributed by atoms with E-state index in [9.17, 15) is 19.2 Å². The van der Waals surface area contributed by atoms with Crippen molar-refractivity contribution in [3.05, 3.63) is 99.3 Å². The Morgan fingerprint density at radius 2 is 1.80 bits per heavy atom. The van der Waals surface area contributed by atoms with Crippen LogP contribution in [0.2, 0.25) is 0 Å². The summed E-state index contributed by atoms with van der Waals surface area (Å²) < 4.78 is 2.65. The first-order valence-corrected chi connectivity index (χ1v) is 14.3. The number of benzene rings is 1. The number of hydrogen-bond acceptors (Lipinski definition) is 8. The smallest absolute Gasteiger partial charge is 0.334 e. The van der Waals surface area contributed by atoms with Crippen molar-refractivity contribution >= 4 is 28.8 Å². The van der Waals surface area contributed by atoms with Crippen molar-refractivity contribution in [3.63, 3.8) is 0 Å². The Kier molecular flexibility index (Phi) is 7.51. The fraction of sp³-hybridized carbons (Fsp3) is 0.258. The molecule has 6 rings (SSSR count). The zero-order valence-corrected chi connectivity index (χ0v) is 24.2. The van der Waals surface area contributed by atoms with Gasteiger partial charge in [-0.05, 0) is 48.7 Å². The number of likely N-dealkylation sites (tertiary alicyclic amines) is 1. The molecule has 0 aliphatic carbocycles. The van der Waals surface area contributed by atoms with Crippen molar-refractivity contribution in [2.45, 2.75) is 32.6 Å². The number of nitrogens with two attached hydrogens (primary N) is 1. The predicted octanol–water partition coefficient (Wildman–Crippen LogP) is 2.83. The molecule has 5 heterocycles. The van der Waals surface area contributed by atoms with Crippen LogP contribution in [0.25, 0.3) is 22.5 Å². The summed E-state index contributed by atoms with van der Waals surface area (Å²) >= 11 is 0. The van der Waals surface area contributed by atoms with Gasteiger partial charge in [-0.2, -0.15) is 5.10 Å². The molecule has 2 amide bonds. The Labute approximate surface area is 251 Å². The zero-order chi connectivity index (χ0) is 31.0. The lowest BCUT2D eigenvalue weighted by Crippen LogP contribution is -2.40. The Bertz CT molecular complexity index is 1970. The number of piperidine rings is 1. The summed E-state index contributed by atoms with van der Waals surface area (Å²) in [5.41, 5.74) is 8.41. The monoisotopic (exact) mass is 593 g/mol. The van der Waals surface area contributed by atoms with Crippen LogP contribution >= 0.6 is 0 Å². The Hall–Kier alpha value is -5.59. The number of H-pyrrole nitrogens is 1. The number of nitrogen functional groups attached to an aromatic ring is 1. The molecule has 1 saturated heterocycles. The molecule has 13 heteroatoms. The van der Waals surface area contributed by atoms with Gasteiger partial charge in [0.2, 0.25) is 5.91 Å². The molecular formula is C31H31N9O4. The molecule has 1 aromatic carbocycles. The van der Waals surface area contributed by atoms with Crippen molar-refractivity contribution in [1.82, 2.24) is 34.0 Å². The van der Waals surface area contributed by atoms with Crippen molar-refractivity contribution in [1.29, 1.82) is 0 Å². The molecule has 4 aromatic heterocycles. The van der Waals surface area contributed by atoms with Gasteiger partial charge in [-0.1, -0.05) is 32.0 Å². The number of fused-ring (bicyclic) bond motifs is 1. The molecule has 0 radical (unpaired) electrons. The van der Waals surface area contributed by atoms with Crippen LogP contribution in [0, 0.1) is 5.92 Å². The number of amides is 2. The molecule has 0 spiro atoms. The van der Waals surface area contributed by atoms with Gasteiger partial charge >= 0.3 is 5.69 Å². The summed E-state index contributed by atoms with van der Waals surface area (Å²) in [5.74, 6) is 0.0907. The van der Waals surface area contributed by atoms with Gasteiger partial charge in [-0.3, -0.25) is 14.4 Å². The van der Waals surface area contributed by atoms with Gasteiger partial charge in [-0.25, -0.2) is 23.8 Å². The predicted molar refractivity (Wildman–Crippen MR) is 165 cm³/mol. The van der Waals surface area contributed by atoms with E-state index in [1.165, 1.54) is 18.6 Å². The maximum absolute atomic E-state index is 13.1. The molecule has 224 valence electrons. The van der Waals surface area contributed by atoms with Gasteiger partial charge in [-0.15, -0.1) is 0 Å². The lowest BCUT2D eigenvalue weighted by atomic mass is 9.92. The summed E-state index contributed by atoms with van der Waals surface area (Å²) in [6.45, 7) is 5.20. The molecule has 5 aromatic rings. The van der Waals surface area contributed by atoms with Crippen LogP contribution in [0.3, 0.4) is 0 Å². The number of rotatable bonds is 6. The van der Waals surface area contributed by atoms with E-state index in [1.54, 1.807) is 24.3 Å². The van der Waals surface area contributed by atoms with Crippen LogP contribution in [-0.4, -0.2) is 58.9 Å². The average Bonchev–Trinajstić information content (AvgIpc) is 3.42. The van der Waals surface area contributed by atoms with Crippen molar-refractivity contribution < 1.29 is 9.59 Å². The Morgan fingerprint density at radius 3 is 2.48 bits per heavy atom. The van der Waals surface area contributed by atoms with Gasteiger partial charge < -0.3 is 20.9 Å². The molecule has 0 bridgehead atoms. The minimum Gasteiger partial charge on any atom is -0.382 e. The van der Waals surface area contributed by atoms with Crippen LogP contribution in [0.15, 0.2) is 76.8 Å². The standard InChI is InChI=1S/C31H31N9O4/c1-18(2)29(42)38-13-10-20(11-14-38)24-15-22(26-27(32)35-17-36-40(24)26)19-6-8-21(9-7-19)37-28(41)23-16-34-31(44)39(30(23)43)25-5-3-4-12-33-25/h3-9,12,15-18,20H,10-11,13-14H2,1-2H3,(H,34,44)(H,37,41)(H2,32,35,36). The maximum Gasteiger partial charge on any atom is 0.334 e. The summed E-state index contributed by atoms with van der Waals surface area (Å²) in [6, 6.07) is 14.0. The summed E-state index contributed by atoms with van der Waals surface area (Å²) in [5, 5.41) is 7.23. The quantitative estimate of drug-likeness (QED) is 0.269. The summed E-state index contributed by atoms with van der Waals surface area (Å²) in [7, 11) is 0. The highest BCUT2D eigenvalue weighted by Crippen LogP contribution is 2.37. The summed E-state index contributed by atoms with van der Waals surface area (Å²) in [6.07, 6.45) is 5.60. The molecular weight excluding hydrogens is 562 g/mol. The third-order valence-corrected chi connectivity index (χ3v) is 7.88. The molecule has 44 heavy (non-hydrogen) atoms. The first-order valence-electron chi connectivity index (χ1n) is 14.3. The van der Waals surface area contributed by atoms with E-state index in [1.807, 2.05) is 35.4 Å². The first-order chi connectivity index (χ1) is 21.2. The van der Waals surface area contributed by atoms with Gasteiger partial charge in [0.15, 0.2) is 5.82 Å². The molecule has 0 atom stereocenters. The minimum absolute atomic E-state index is 0.0328. The van der Waals surface area contributed by atoms with Crippen molar-refractivity contribution in [3.8, 4) is 16.9 Å². The molecule has 0 saturated carbocycles. The van der Waals surface area contributed by atoms with Crippen molar-refractivity contribution in [2.24, 2.45) is 5.92 Å². The first kappa shape index (κ1) is 28.5. The largest absolute Gasteiger partial charge is 0.382 e. The second kappa shape index (κ2) is 11.6. The Morgan fingerprint density at radius 1 is 1.05 bits per heavy atom. The highest BCUT2D eigenvalue weighted by Gasteiger charge is 2.28. The fourth-order valence-corrected chi connectivity index (χ4v) is 5.63. The third kappa shape index (κ3) is 5.23. The van der Waals surface area contributed by atoms with E-state index in [0.717, 1.165) is 40.4 Å². The van der Waals surface area contributed by atoms with Gasteiger partial charge in [0, 0.05) is 54.3 Å². The van der Waals surface area contributed by atoms with E-state index < -0.39 is 17.2 Å². The SMILES string of the molecule is CC(C)C(=O)N1CCC(c2cc(-c3ccc(NC(=O)c4c[nH]c(=O)n(-c5ccccn5)c4=O)cc3)c3c(N)ncnn23)CC1.